The van der Waals surface area contributed by atoms with Gasteiger partial charge in [0, 0.05) is 11.6 Å². The predicted octanol–water partition coefficient (Wildman–Crippen LogP) is 4.91. The minimum absolute atomic E-state index is 0.247. The molecule has 1 aromatic carbocycles. The summed E-state index contributed by atoms with van der Waals surface area (Å²) in [5.41, 5.74) is 1.96. The van der Waals surface area contributed by atoms with Gasteiger partial charge in [0.2, 0.25) is 0 Å². The number of carbonyl (C=O) groups is 1. The molecule has 114 valence electrons. The predicted molar refractivity (Wildman–Crippen MR) is 85.2 cm³/mol. The lowest BCUT2D eigenvalue weighted by Gasteiger charge is -2.28. The van der Waals surface area contributed by atoms with E-state index in [4.69, 9.17) is 16.3 Å². The molecule has 1 aliphatic heterocycles. The molecule has 1 amide bonds. The van der Waals surface area contributed by atoms with Crippen molar-refractivity contribution in [1.82, 2.24) is 0 Å². The summed E-state index contributed by atoms with van der Waals surface area (Å²) in [5, 5.41) is 0.742. The topological polar surface area (TPSA) is 29.5 Å². The maximum Gasteiger partial charge on any atom is 0.414 e. The molecule has 1 aromatic rings. The Morgan fingerprint density at radius 1 is 1.29 bits per heavy atom. The summed E-state index contributed by atoms with van der Waals surface area (Å²) >= 11 is 6.18. The van der Waals surface area contributed by atoms with Crippen LogP contribution in [0.4, 0.5) is 10.5 Å². The van der Waals surface area contributed by atoms with Crippen molar-refractivity contribution in [3.63, 3.8) is 0 Å². The number of nitrogens with zero attached hydrogens (tertiary/aromatic N) is 1. The summed E-state index contributed by atoms with van der Waals surface area (Å²) in [6.07, 6.45) is 4.26. The fourth-order valence-corrected chi connectivity index (χ4v) is 3.35. The molecule has 1 aliphatic carbocycles. The van der Waals surface area contributed by atoms with E-state index in [0.29, 0.717) is 6.54 Å². The van der Waals surface area contributed by atoms with Gasteiger partial charge in [0.25, 0.3) is 0 Å². The summed E-state index contributed by atoms with van der Waals surface area (Å²) in [7, 11) is 0. The van der Waals surface area contributed by atoms with Crippen LogP contribution in [0.2, 0.25) is 5.02 Å². The van der Waals surface area contributed by atoms with E-state index in [9.17, 15) is 4.79 Å². The Labute approximate surface area is 131 Å². The largest absolute Gasteiger partial charge is 0.443 e. The number of benzene rings is 1. The molecule has 3 rings (SSSR count). The quantitative estimate of drug-likeness (QED) is 0.681. The number of amides is 1. The van der Waals surface area contributed by atoms with Crippen molar-refractivity contribution in [3.8, 4) is 0 Å². The van der Waals surface area contributed by atoms with Crippen LogP contribution >= 0.6 is 11.6 Å². The highest BCUT2D eigenvalue weighted by molar-refractivity contribution is 6.30. The summed E-state index contributed by atoms with van der Waals surface area (Å²) in [4.78, 5) is 14.3. The first-order chi connectivity index (χ1) is 9.81. The van der Waals surface area contributed by atoms with E-state index in [0.717, 1.165) is 23.6 Å². The normalized spacial score (nSPS) is 19.9. The Morgan fingerprint density at radius 3 is 2.62 bits per heavy atom. The third-order valence-electron chi connectivity index (χ3n) is 4.33. The zero-order chi connectivity index (χ0) is 15.3. The van der Waals surface area contributed by atoms with E-state index in [1.807, 2.05) is 39.0 Å². The molecule has 1 fully saturated rings. The molecule has 0 bridgehead atoms. The summed E-state index contributed by atoms with van der Waals surface area (Å²) in [6.45, 7) is 6.40. The number of fused-ring (bicyclic) bond motifs is 2. The van der Waals surface area contributed by atoms with E-state index in [-0.39, 0.29) is 11.5 Å². The van der Waals surface area contributed by atoms with Crippen LogP contribution in [0, 0.1) is 0 Å². The van der Waals surface area contributed by atoms with E-state index in [1.165, 1.54) is 18.4 Å². The molecule has 0 unspecified atom stereocenters. The third kappa shape index (κ3) is 2.89. The summed E-state index contributed by atoms with van der Waals surface area (Å²) in [5.74, 6) is 0. The van der Waals surface area contributed by atoms with Gasteiger partial charge < -0.3 is 4.74 Å². The highest BCUT2D eigenvalue weighted by atomic mass is 35.5. The Hall–Kier alpha value is -1.22. The molecular weight excluding hydrogens is 286 g/mol. The fraction of sp³-hybridized carbons (Fsp3) is 0.588. The van der Waals surface area contributed by atoms with Gasteiger partial charge in [0.15, 0.2) is 0 Å². The molecule has 1 heterocycles. The molecule has 2 aliphatic rings. The Morgan fingerprint density at radius 2 is 2.00 bits per heavy atom. The zero-order valence-corrected chi connectivity index (χ0v) is 13.7. The average Bonchev–Trinajstić information content (AvgIpc) is 3.15. The highest BCUT2D eigenvalue weighted by Gasteiger charge is 2.47. The summed E-state index contributed by atoms with van der Waals surface area (Å²) in [6, 6.07) is 5.86. The smallest absolute Gasteiger partial charge is 0.414 e. The van der Waals surface area contributed by atoms with Crippen molar-refractivity contribution in [2.24, 2.45) is 0 Å². The van der Waals surface area contributed by atoms with Gasteiger partial charge in [-0.2, -0.15) is 0 Å². The monoisotopic (exact) mass is 307 g/mol. The zero-order valence-electron chi connectivity index (χ0n) is 12.9. The molecule has 3 nitrogen and oxygen atoms in total. The van der Waals surface area contributed by atoms with Crippen molar-refractivity contribution in [3.05, 3.63) is 28.8 Å². The van der Waals surface area contributed by atoms with Crippen LogP contribution in [0.15, 0.2) is 18.2 Å². The number of halogens is 1. The second kappa shape index (κ2) is 4.91. The lowest BCUT2D eigenvalue weighted by molar-refractivity contribution is 0.0580. The van der Waals surface area contributed by atoms with Gasteiger partial charge in [-0.05, 0) is 75.6 Å². The number of ether oxygens (including phenoxy) is 1. The maximum atomic E-state index is 12.5. The van der Waals surface area contributed by atoms with Gasteiger partial charge in [-0.25, -0.2) is 4.79 Å². The Kier molecular flexibility index (Phi) is 3.44. The minimum atomic E-state index is -0.479. The third-order valence-corrected chi connectivity index (χ3v) is 4.56. The van der Waals surface area contributed by atoms with Crippen molar-refractivity contribution in [2.75, 3.05) is 11.4 Å². The van der Waals surface area contributed by atoms with E-state index >= 15 is 0 Å². The van der Waals surface area contributed by atoms with Crippen molar-refractivity contribution in [2.45, 2.75) is 57.5 Å². The molecule has 1 saturated carbocycles. The molecule has 0 atom stereocenters. The van der Waals surface area contributed by atoms with Crippen LogP contribution in [0.1, 0.15) is 52.0 Å². The van der Waals surface area contributed by atoms with Crippen LogP contribution in [-0.2, 0) is 10.2 Å². The fourth-order valence-electron chi connectivity index (χ4n) is 3.18. The number of rotatable bonds is 0. The molecular formula is C17H22ClNO2. The molecule has 0 aromatic heterocycles. The van der Waals surface area contributed by atoms with Gasteiger partial charge in [-0.1, -0.05) is 11.6 Å². The van der Waals surface area contributed by atoms with Gasteiger partial charge >= 0.3 is 6.09 Å². The first-order valence-electron chi connectivity index (χ1n) is 7.61. The Balaban J connectivity index is 1.98. The van der Waals surface area contributed by atoms with E-state index in [1.54, 1.807) is 4.90 Å². The number of anilines is 1. The van der Waals surface area contributed by atoms with Crippen LogP contribution < -0.4 is 4.90 Å². The van der Waals surface area contributed by atoms with Crippen LogP contribution in [0.25, 0.3) is 0 Å². The first kappa shape index (κ1) is 14.7. The highest BCUT2D eigenvalue weighted by Crippen LogP contribution is 2.56. The second-order valence-corrected chi connectivity index (χ2v) is 7.61. The molecule has 0 N–H and O–H groups in total. The SMILES string of the molecule is CC(C)(C)OC(=O)N1CCCC2(CC2)c2cc(Cl)ccc21. The minimum Gasteiger partial charge on any atom is -0.443 e. The van der Waals surface area contributed by atoms with Crippen LogP contribution in [-0.4, -0.2) is 18.2 Å². The van der Waals surface area contributed by atoms with Gasteiger partial charge in [-0.15, -0.1) is 0 Å². The van der Waals surface area contributed by atoms with Crippen LogP contribution in [0.3, 0.4) is 0 Å². The maximum absolute atomic E-state index is 12.5. The molecule has 1 spiro atoms. The van der Waals surface area contributed by atoms with Crippen LogP contribution in [0.5, 0.6) is 0 Å². The Bertz CT molecular complexity index is 573. The van der Waals surface area contributed by atoms with Crippen molar-refractivity contribution < 1.29 is 9.53 Å². The average molecular weight is 308 g/mol. The van der Waals surface area contributed by atoms with Gasteiger partial charge in [0.05, 0.1) is 5.69 Å². The standard InChI is InChI=1S/C17H22ClNO2/c1-16(2,3)21-15(20)19-10-4-7-17(8-9-17)13-11-12(18)5-6-14(13)19/h5-6,11H,4,7-10H2,1-3H3. The first-order valence-corrected chi connectivity index (χ1v) is 7.99. The van der Waals surface area contributed by atoms with E-state index in [2.05, 4.69) is 0 Å². The number of hydrogen-bond acceptors (Lipinski definition) is 2. The molecule has 0 saturated heterocycles. The summed E-state index contributed by atoms with van der Waals surface area (Å²) < 4.78 is 5.56. The molecule has 0 radical (unpaired) electrons. The lowest BCUT2D eigenvalue weighted by Crippen LogP contribution is -2.37. The van der Waals surface area contributed by atoms with E-state index < -0.39 is 5.60 Å². The molecule has 4 heteroatoms. The lowest BCUT2D eigenvalue weighted by atomic mass is 9.91. The van der Waals surface area contributed by atoms with Gasteiger partial charge in [-0.3, -0.25) is 4.90 Å². The molecule has 21 heavy (non-hydrogen) atoms. The second-order valence-electron chi connectivity index (χ2n) is 7.18. The van der Waals surface area contributed by atoms with Crippen molar-refractivity contribution >= 4 is 23.4 Å². The van der Waals surface area contributed by atoms with Crippen molar-refractivity contribution in [1.29, 1.82) is 0 Å². The number of carbonyl (C=O) groups excluding carboxylic acids is 1. The van der Waals surface area contributed by atoms with Gasteiger partial charge in [0.1, 0.15) is 5.60 Å². The number of hydrogen-bond donors (Lipinski definition) is 0.